The maximum absolute atomic E-state index is 5.92. The van der Waals surface area contributed by atoms with E-state index >= 15 is 0 Å². The van der Waals surface area contributed by atoms with Gasteiger partial charge in [0.05, 0.1) is 0 Å². The number of hydrogen-bond acceptors (Lipinski definition) is 3. The summed E-state index contributed by atoms with van der Waals surface area (Å²) in [6.07, 6.45) is 0. The minimum atomic E-state index is 0.563. The minimum Gasteiger partial charge on any atom is -0.489 e. The van der Waals surface area contributed by atoms with Gasteiger partial charge in [-0.15, -0.1) is 0 Å². The molecule has 0 aliphatic carbocycles. The highest BCUT2D eigenvalue weighted by Gasteiger charge is 2.10. The highest BCUT2D eigenvalue weighted by atomic mass is 16.5. The number of aromatic nitrogens is 1. The Bertz CT molecular complexity index is 1020. The van der Waals surface area contributed by atoms with Gasteiger partial charge < -0.3 is 9.15 Å². The summed E-state index contributed by atoms with van der Waals surface area (Å²) in [6.45, 7) is 6.83. The first-order chi connectivity index (χ1) is 12.6. The standard InChI is InChI=1S/C23H21NO2/c1-15-6-4-5-7-19(15)14-25-20-10-8-18(9-11-20)23-24-21-12-16(2)17(3)13-22(21)26-23/h4-13H,14H2,1-3H3. The second-order valence-electron chi connectivity index (χ2n) is 6.66. The molecule has 0 amide bonds. The normalized spacial score (nSPS) is 11.0. The lowest BCUT2D eigenvalue weighted by Gasteiger charge is -2.08. The number of rotatable bonds is 4. The van der Waals surface area contributed by atoms with Crippen LogP contribution in [0.5, 0.6) is 5.75 Å². The van der Waals surface area contributed by atoms with Gasteiger partial charge >= 0.3 is 0 Å². The van der Waals surface area contributed by atoms with Crippen molar-refractivity contribution in [2.24, 2.45) is 0 Å². The van der Waals surface area contributed by atoms with Crippen LogP contribution in [0.3, 0.4) is 0 Å². The second kappa shape index (κ2) is 6.68. The molecule has 1 aromatic heterocycles. The molecular weight excluding hydrogens is 322 g/mol. The summed E-state index contributed by atoms with van der Waals surface area (Å²) in [6, 6.07) is 20.2. The van der Waals surface area contributed by atoms with E-state index in [1.807, 2.05) is 42.5 Å². The third-order valence-corrected chi connectivity index (χ3v) is 4.76. The van der Waals surface area contributed by atoms with Crippen LogP contribution >= 0.6 is 0 Å². The van der Waals surface area contributed by atoms with Crippen LogP contribution in [-0.4, -0.2) is 4.98 Å². The zero-order valence-corrected chi connectivity index (χ0v) is 15.2. The molecule has 4 rings (SSSR count). The van der Waals surface area contributed by atoms with Gasteiger partial charge in [-0.05, 0) is 79.4 Å². The van der Waals surface area contributed by atoms with Crippen molar-refractivity contribution < 1.29 is 9.15 Å². The average Bonchev–Trinajstić information content (AvgIpc) is 3.04. The molecule has 0 fully saturated rings. The molecule has 0 aliphatic rings. The van der Waals surface area contributed by atoms with E-state index in [9.17, 15) is 0 Å². The highest BCUT2D eigenvalue weighted by Crippen LogP contribution is 2.27. The quantitative estimate of drug-likeness (QED) is 0.456. The lowest BCUT2D eigenvalue weighted by Crippen LogP contribution is -1.97. The van der Waals surface area contributed by atoms with E-state index in [-0.39, 0.29) is 0 Å². The van der Waals surface area contributed by atoms with E-state index in [1.165, 1.54) is 22.3 Å². The van der Waals surface area contributed by atoms with E-state index in [0.717, 1.165) is 22.4 Å². The van der Waals surface area contributed by atoms with Gasteiger partial charge in [0, 0.05) is 5.56 Å². The Kier molecular flexibility index (Phi) is 4.21. The second-order valence-corrected chi connectivity index (χ2v) is 6.66. The number of aryl methyl sites for hydroxylation is 3. The minimum absolute atomic E-state index is 0.563. The molecule has 0 spiro atoms. The number of hydrogen-bond donors (Lipinski definition) is 0. The molecule has 0 radical (unpaired) electrons. The van der Waals surface area contributed by atoms with E-state index in [4.69, 9.17) is 9.15 Å². The summed E-state index contributed by atoms with van der Waals surface area (Å²) in [4.78, 5) is 4.61. The first kappa shape index (κ1) is 16.4. The van der Waals surface area contributed by atoms with Gasteiger partial charge in [0.2, 0.25) is 5.89 Å². The van der Waals surface area contributed by atoms with Crippen LogP contribution in [0.15, 0.2) is 65.1 Å². The molecule has 0 N–H and O–H groups in total. The highest BCUT2D eigenvalue weighted by molar-refractivity contribution is 5.78. The van der Waals surface area contributed by atoms with Crippen molar-refractivity contribution in [2.45, 2.75) is 27.4 Å². The van der Waals surface area contributed by atoms with Crippen molar-refractivity contribution in [1.82, 2.24) is 4.98 Å². The third kappa shape index (κ3) is 3.21. The van der Waals surface area contributed by atoms with Crippen molar-refractivity contribution >= 4 is 11.1 Å². The number of oxazole rings is 1. The molecule has 3 heteroatoms. The molecule has 0 bridgehead atoms. The summed E-state index contributed by atoms with van der Waals surface area (Å²) >= 11 is 0. The predicted octanol–water partition coefficient (Wildman–Crippen LogP) is 6.00. The largest absolute Gasteiger partial charge is 0.489 e. The van der Waals surface area contributed by atoms with E-state index in [2.05, 4.69) is 44.0 Å². The van der Waals surface area contributed by atoms with Gasteiger partial charge in [0.15, 0.2) is 5.58 Å². The van der Waals surface area contributed by atoms with E-state index < -0.39 is 0 Å². The Balaban J connectivity index is 1.53. The van der Waals surface area contributed by atoms with E-state index in [1.54, 1.807) is 0 Å². The van der Waals surface area contributed by atoms with Crippen molar-refractivity contribution in [3.05, 3.63) is 82.9 Å². The molecule has 3 nitrogen and oxygen atoms in total. The average molecular weight is 343 g/mol. The molecule has 4 aromatic rings. The van der Waals surface area contributed by atoms with Crippen LogP contribution < -0.4 is 4.74 Å². The summed E-state index contributed by atoms with van der Waals surface area (Å²) in [5.41, 5.74) is 7.52. The van der Waals surface area contributed by atoms with Crippen LogP contribution in [0.25, 0.3) is 22.6 Å². The molecule has 3 aromatic carbocycles. The van der Waals surface area contributed by atoms with Crippen LogP contribution in [-0.2, 0) is 6.61 Å². The first-order valence-corrected chi connectivity index (χ1v) is 8.76. The molecule has 0 saturated carbocycles. The predicted molar refractivity (Wildman–Crippen MR) is 104 cm³/mol. The SMILES string of the molecule is Cc1cc2nc(-c3ccc(OCc4ccccc4C)cc3)oc2cc1C. The Hall–Kier alpha value is -3.07. The lowest BCUT2D eigenvalue weighted by molar-refractivity contribution is 0.305. The van der Waals surface area contributed by atoms with Gasteiger partial charge in [-0.3, -0.25) is 0 Å². The van der Waals surface area contributed by atoms with Crippen LogP contribution in [0.4, 0.5) is 0 Å². The van der Waals surface area contributed by atoms with Crippen LogP contribution in [0, 0.1) is 20.8 Å². The van der Waals surface area contributed by atoms with Crippen molar-refractivity contribution in [1.29, 1.82) is 0 Å². The Labute approximate surface area is 153 Å². The van der Waals surface area contributed by atoms with E-state index in [0.29, 0.717) is 12.5 Å². The van der Waals surface area contributed by atoms with Crippen LogP contribution in [0.1, 0.15) is 22.3 Å². The summed E-state index contributed by atoms with van der Waals surface area (Å²) in [5.74, 6) is 1.47. The smallest absolute Gasteiger partial charge is 0.227 e. The third-order valence-electron chi connectivity index (χ3n) is 4.76. The first-order valence-electron chi connectivity index (χ1n) is 8.76. The molecule has 0 atom stereocenters. The monoisotopic (exact) mass is 343 g/mol. The van der Waals surface area contributed by atoms with Crippen LogP contribution in [0.2, 0.25) is 0 Å². The van der Waals surface area contributed by atoms with Gasteiger partial charge in [0.1, 0.15) is 17.9 Å². The summed E-state index contributed by atoms with van der Waals surface area (Å²) in [7, 11) is 0. The Morgan fingerprint density at radius 1 is 0.846 bits per heavy atom. The fraction of sp³-hybridized carbons (Fsp3) is 0.174. The molecular formula is C23H21NO2. The molecule has 26 heavy (non-hydrogen) atoms. The number of fused-ring (bicyclic) bond motifs is 1. The lowest BCUT2D eigenvalue weighted by atomic mass is 10.1. The fourth-order valence-corrected chi connectivity index (χ4v) is 2.93. The van der Waals surface area contributed by atoms with Crippen molar-refractivity contribution in [2.75, 3.05) is 0 Å². The van der Waals surface area contributed by atoms with Gasteiger partial charge in [-0.25, -0.2) is 4.98 Å². The molecule has 0 aliphatic heterocycles. The van der Waals surface area contributed by atoms with Crippen molar-refractivity contribution in [3.63, 3.8) is 0 Å². The number of benzene rings is 3. The molecule has 0 unspecified atom stereocenters. The number of ether oxygens (including phenoxy) is 1. The molecule has 0 saturated heterocycles. The molecule has 1 heterocycles. The van der Waals surface area contributed by atoms with Gasteiger partial charge in [0.25, 0.3) is 0 Å². The fourth-order valence-electron chi connectivity index (χ4n) is 2.93. The van der Waals surface area contributed by atoms with Gasteiger partial charge in [-0.1, -0.05) is 24.3 Å². The topological polar surface area (TPSA) is 35.3 Å². The zero-order valence-electron chi connectivity index (χ0n) is 15.2. The Morgan fingerprint density at radius 3 is 2.35 bits per heavy atom. The summed E-state index contributed by atoms with van der Waals surface area (Å²) in [5, 5.41) is 0. The van der Waals surface area contributed by atoms with Crippen molar-refractivity contribution in [3.8, 4) is 17.2 Å². The van der Waals surface area contributed by atoms with Gasteiger partial charge in [-0.2, -0.15) is 0 Å². The number of nitrogens with zero attached hydrogens (tertiary/aromatic N) is 1. The maximum atomic E-state index is 5.92. The molecule has 130 valence electrons. The zero-order chi connectivity index (χ0) is 18.1. The Morgan fingerprint density at radius 2 is 1.58 bits per heavy atom. The summed E-state index contributed by atoms with van der Waals surface area (Å²) < 4.78 is 11.8. The maximum Gasteiger partial charge on any atom is 0.227 e.